The summed E-state index contributed by atoms with van der Waals surface area (Å²) in [7, 11) is 0. The third kappa shape index (κ3) is 3.83. The van der Waals surface area contributed by atoms with Gasteiger partial charge in [0.15, 0.2) is 5.82 Å². The van der Waals surface area contributed by atoms with Crippen molar-refractivity contribution in [1.82, 2.24) is 25.1 Å². The Hall–Kier alpha value is -1.75. The number of hydrogen-bond acceptors (Lipinski definition) is 4. The van der Waals surface area contributed by atoms with E-state index in [1.54, 1.807) is 0 Å². The fourth-order valence-electron chi connectivity index (χ4n) is 4.59. The normalized spacial score (nSPS) is 21.4. The van der Waals surface area contributed by atoms with Crippen LogP contribution >= 0.6 is 0 Å². The summed E-state index contributed by atoms with van der Waals surface area (Å²) in [5.74, 6) is 1.04. The van der Waals surface area contributed by atoms with E-state index in [0.29, 0.717) is 6.04 Å². The predicted octanol–water partition coefficient (Wildman–Crippen LogP) is 4.45. The van der Waals surface area contributed by atoms with E-state index in [9.17, 15) is 0 Å². The zero-order chi connectivity index (χ0) is 17.8. The van der Waals surface area contributed by atoms with E-state index in [4.69, 9.17) is 0 Å². The minimum atomic E-state index is 0.172. The standard InChI is InChI=1S/C21H31N5/c1-17-11-13-18(14-12-17)20(25-15-7-2-3-8-16-25)21-22-23-24-26(21)19-9-5-4-6-10-19/h11-14,19-20H,2-10,15-16H2,1H3. The van der Waals surface area contributed by atoms with Crippen molar-refractivity contribution >= 4 is 0 Å². The molecule has 1 saturated heterocycles. The van der Waals surface area contributed by atoms with Crippen molar-refractivity contribution in [3.8, 4) is 0 Å². The Labute approximate surface area is 156 Å². The number of rotatable bonds is 4. The van der Waals surface area contributed by atoms with E-state index in [1.165, 1.54) is 68.9 Å². The number of likely N-dealkylation sites (tertiary alicyclic amines) is 1. The molecule has 2 heterocycles. The molecule has 140 valence electrons. The fraction of sp³-hybridized carbons (Fsp3) is 0.667. The molecule has 1 aliphatic heterocycles. The van der Waals surface area contributed by atoms with Gasteiger partial charge in [-0.3, -0.25) is 4.90 Å². The van der Waals surface area contributed by atoms with Gasteiger partial charge in [-0.15, -0.1) is 5.10 Å². The SMILES string of the molecule is Cc1ccc(C(c2nnnn2C2CCCCC2)N2CCCCCC2)cc1. The maximum absolute atomic E-state index is 4.56. The molecule has 1 aromatic heterocycles. The van der Waals surface area contributed by atoms with Crippen LogP contribution in [0.3, 0.4) is 0 Å². The molecule has 2 aliphatic rings. The zero-order valence-corrected chi connectivity index (χ0v) is 16.0. The molecule has 1 saturated carbocycles. The molecule has 0 amide bonds. The molecule has 1 atom stereocenters. The second-order valence-corrected chi connectivity index (χ2v) is 8.04. The Kier molecular flexibility index (Phi) is 5.63. The lowest BCUT2D eigenvalue weighted by Gasteiger charge is -2.32. The molecule has 26 heavy (non-hydrogen) atoms. The van der Waals surface area contributed by atoms with Crippen LogP contribution < -0.4 is 0 Å². The summed E-state index contributed by atoms with van der Waals surface area (Å²) < 4.78 is 2.16. The van der Waals surface area contributed by atoms with Gasteiger partial charge in [0.25, 0.3) is 0 Å². The van der Waals surface area contributed by atoms with Crippen molar-refractivity contribution in [1.29, 1.82) is 0 Å². The summed E-state index contributed by atoms with van der Waals surface area (Å²) in [4.78, 5) is 2.61. The van der Waals surface area contributed by atoms with Gasteiger partial charge in [0.1, 0.15) is 0 Å². The molecule has 5 heteroatoms. The highest BCUT2D eigenvalue weighted by Crippen LogP contribution is 2.34. The van der Waals surface area contributed by atoms with Crippen molar-refractivity contribution in [3.05, 3.63) is 41.2 Å². The Morgan fingerprint density at radius 3 is 2.23 bits per heavy atom. The minimum Gasteiger partial charge on any atom is -0.290 e. The maximum Gasteiger partial charge on any atom is 0.173 e. The Bertz CT molecular complexity index is 679. The smallest absolute Gasteiger partial charge is 0.173 e. The van der Waals surface area contributed by atoms with Crippen LogP contribution in [0.5, 0.6) is 0 Å². The lowest BCUT2D eigenvalue weighted by atomic mass is 9.95. The second-order valence-electron chi connectivity index (χ2n) is 8.04. The Morgan fingerprint density at radius 2 is 1.54 bits per heavy atom. The molecule has 5 nitrogen and oxygen atoms in total. The largest absolute Gasteiger partial charge is 0.290 e. The molecule has 1 aromatic carbocycles. The molecular formula is C21H31N5. The van der Waals surface area contributed by atoms with Crippen molar-refractivity contribution in [2.45, 2.75) is 76.8 Å². The first kappa shape index (κ1) is 17.7. The molecule has 2 fully saturated rings. The summed E-state index contributed by atoms with van der Waals surface area (Å²) in [6.07, 6.45) is 11.6. The molecule has 2 aromatic rings. The second kappa shape index (κ2) is 8.30. The molecule has 0 spiro atoms. The van der Waals surface area contributed by atoms with Crippen LogP contribution in [0, 0.1) is 6.92 Å². The van der Waals surface area contributed by atoms with Crippen LogP contribution in [-0.4, -0.2) is 38.2 Å². The van der Waals surface area contributed by atoms with Gasteiger partial charge < -0.3 is 0 Å². The van der Waals surface area contributed by atoms with Crippen LogP contribution in [0.1, 0.15) is 86.8 Å². The van der Waals surface area contributed by atoms with Gasteiger partial charge in [0, 0.05) is 0 Å². The van der Waals surface area contributed by atoms with E-state index in [1.807, 2.05) is 0 Å². The monoisotopic (exact) mass is 353 g/mol. The van der Waals surface area contributed by atoms with E-state index >= 15 is 0 Å². The highest BCUT2D eigenvalue weighted by molar-refractivity contribution is 5.28. The summed E-state index contributed by atoms with van der Waals surface area (Å²) in [6, 6.07) is 9.61. The third-order valence-electron chi connectivity index (χ3n) is 6.08. The third-order valence-corrected chi connectivity index (χ3v) is 6.08. The van der Waals surface area contributed by atoms with Gasteiger partial charge >= 0.3 is 0 Å². The number of tetrazole rings is 1. The lowest BCUT2D eigenvalue weighted by molar-refractivity contribution is 0.211. The summed E-state index contributed by atoms with van der Waals surface area (Å²) >= 11 is 0. The van der Waals surface area contributed by atoms with Crippen molar-refractivity contribution in [2.75, 3.05) is 13.1 Å². The van der Waals surface area contributed by atoms with Crippen LogP contribution in [0.2, 0.25) is 0 Å². The molecule has 0 N–H and O–H groups in total. The predicted molar refractivity (Wildman–Crippen MR) is 103 cm³/mol. The first-order chi connectivity index (χ1) is 12.8. The van der Waals surface area contributed by atoms with Gasteiger partial charge in [0.2, 0.25) is 0 Å². The topological polar surface area (TPSA) is 46.8 Å². The Morgan fingerprint density at radius 1 is 0.885 bits per heavy atom. The van der Waals surface area contributed by atoms with Crippen LogP contribution in [0.15, 0.2) is 24.3 Å². The van der Waals surface area contributed by atoms with E-state index in [2.05, 4.69) is 56.3 Å². The van der Waals surface area contributed by atoms with Crippen LogP contribution in [0.4, 0.5) is 0 Å². The average molecular weight is 354 g/mol. The maximum atomic E-state index is 4.56. The van der Waals surface area contributed by atoms with Crippen LogP contribution in [0.25, 0.3) is 0 Å². The first-order valence-corrected chi connectivity index (χ1v) is 10.4. The molecular weight excluding hydrogens is 322 g/mol. The molecule has 0 radical (unpaired) electrons. The number of nitrogens with zero attached hydrogens (tertiary/aromatic N) is 5. The molecule has 1 aliphatic carbocycles. The highest BCUT2D eigenvalue weighted by Gasteiger charge is 2.30. The molecule has 4 rings (SSSR count). The van der Waals surface area contributed by atoms with Crippen molar-refractivity contribution < 1.29 is 0 Å². The van der Waals surface area contributed by atoms with Gasteiger partial charge in [-0.2, -0.15) is 0 Å². The average Bonchev–Trinajstić information content (AvgIpc) is 3.00. The minimum absolute atomic E-state index is 0.172. The lowest BCUT2D eigenvalue weighted by Crippen LogP contribution is -2.33. The molecule has 1 unspecified atom stereocenters. The van der Waals surface area contributed by atoms with Gasteiger partial charge in [0.05, 0.1) is 12.1 Å². The van der Waals surface area contributed by atoms with Crippen LogP contribution in [-0.2, 0) is 0 Å². The summed E-state index contributed by atoms with van der Waals surface area (Å²) in [5.41, 5.74) is 2.62. The zero-order valence-electron chi connectivity index (χ0n) is 16.0. The molecule has 0 bridgehead atoms. The number of aryl methyl sites for hydroxylation is 1. The van der Waals surface area contributed by atoms with Gasteiger partial charge in [-0.05, 0) is 61.7 Å². The summed E-state index contributed by atoms with van der Waals surface area (Å²) in [6.45, 7) is 4.42. The van der Waals surface area contributed by atoms with E-state index in [0.717, 1.165) is 18.9 Å². The number of hydrogen-bond donors (Lipinski definition) is 0. The van der Waals surface area contributed by atoms with E-state index in [-0.39, 0.29) is 6.04 Å². The van der Waals surface area contributed by atoms with Gasteiger partial charge in [-0.25, -0.2) is 4.68 Å². The highest BCUT2D eigenvalue weighted by atomic mass is 15.6. The number of aromatic nitrogens is 4. The van der Waals surface area contributed by atoms with Crippen molar-refractivity contribution in [3.63, 3.8) is 0 Å². The quantitative estimate of drug-likeness (QED) is 0.814. The number of benzene rings is 1. The van der Waals surface area contributed by atoms with E-state index < -0.39 is 0 Å². The van der Waals surface area contributed by atoms with Crippen molar-refractivity contribution in [2.24, 2.45) is 0 Å². The fourth-order valence-corrected chi connectivity index (χ4v) is 4.59. The Balaban J connectivity index is 1.70. The summed E-state index contributed by atoms with van der Waals surface area (Å²) in [5, 5.41) is 13.1. The van der Waals surface area contributed by atoms with Gasteiger partial charge in [-0.1, -0.05) is 61.9 Å². The first-order valence-electron chi connectivity index (χ1n) is 10.4.